The Morgan fingerprint density at radius 3 is 2.59 bits per heavy atom. The Morgan fingerprint density at radius 2 is 1.91 bits per heavy atom. The van der Waals surface area contributed by atoms with Gasteiger partial charge in [-0.05, 0) is 43.7 Å². The first-order valence-corrected chi connectivity index (χ1v) is 7.83. The fourth-order valence-corrected chi connectivity index (χ4v) is 2.57. The van der Waals surface area contributed by atoms with Gasteiger partial charge in [0.1, 0.15) is 0 Å². The van der Waals surface area contributed by atoms with Gasteiger partial charge in [-0.2, -0.15) is 0 Å². The lowest BCUT2D eigenvalue weighted by atomic mass is 10.2. The van der Waals surface area contributed by atoms with E-state index < -0.39 is 0 Å². The zero-order valence-electron chi connectivity index (χ0n) is 12.6. The summed E-state index contributed by atoms with van der Waals surface area (Å²) in [5, 5.41) is 3.93. The van der Waals surface area contributed by atoms with Crippen molar-refractivity contribution in [2.75, 3.05) is 23.3 Å². The van der Waals surface area contributed by atoms with Gasteiger partial charge in [-0.15, -0.1) is 0 Å². The summed E-state index contributed by atoms with van der Waals surface area (Å²) in [6, 6.07) is 13.2. The Bertz CT molecular complexity index is 673. The van der Waals surface area contributed by atoms with Gasteiger partial charge in [0.15, 0.2) is 0 Å². The van der Waals surface area contributed by atoms with E-state index in [2.05, 4.69) is 5.32 Å². The van der Waals surface area contributed by atoms with Crippen LogP contribution in [0.4, 0.5) is 11.4 Å². The van der Waals surface area contributed by atoms with Crippen LogP contribution in [0.2, 0.25) is 10.0 Å². The summed E-state index contributed by atoms with van der Waals surface area (Å²) in [6.45, 7) is 4.72. The van der Waals surface area contributed by atoms with E-state index >= 15 is 0 Å². The molecule has 0 bridgehead atoms. The van der Waals surface area contributed by atoms with Gasteiger partial charge in [-0.25, -0.2) is 0 Å². The third-order valence-electron chi connectivity index (χ3n) is 3.31. The highest BCUT2D eigenvalue weighted by atomic mass is 35.5. The minimum absolute atomic E-state index is 0.0239. The highest BCUT2D eigenvalue weighted by Gasteiger charge is 2.14. The molecule has 2 aromatic rings. The smallest absolute Gasteiger partial charge is 0.246 e. The summed E-state index contributed by atoms with van der Waals surface area (Å²) in [6.07, 6.45) is 0. The Balaban J connectivity index is 2.08. The Labute approximate surface area is 140 Å². The molecule has 0 fully saturated rings. The molecule has 0 spiro atoms. The van der Waals surface area contributed by atoms with Gasteiger partial charge in [0.2, 0.25) is 5.91 Å². The molecule has 0 saturated heterocycles. The molecule has 0 aliphatic rings. The molecule has 0 aliphatic heterocycles. The van der Waals surface area contributed by atoms with E-state index in [1.807, 2.05) is 38.1 Å². The van der Waals surface area contributed by atoms with Crippen molar-refractivity contribution < 1.29 is 4.79 Å². The third kappa shape index (κ3) is 3.93. The number of carbonyl (C=O) groups is 1. The van der Waals surface area contributed by atoms with Crippen molar-refractivity contribution in [3.63, 3.8) is 0 Å². The fourth-order valence-electron chi connectivity index (χ4n) is 2.21. The molecule has 5 heteroatoms. The minimum Gasteiger partial charge on any atom is -0.375 e. The lowest BCUT2D eigenvalue weighted by Crippen LogP contribution is -2.35. The van der Waals surface area contributed by atoms with E-state index in [4.69, 9.17) is 23.2 Å². The van der Waals surface area contributed by atoms with Crippen molar-refractivity contribution in [3.05, 3.63) is 58.1 Å². The number of benzene rings is 2. The number of rotatable bonds is 5. The predicted molar refractivity (Wildman–Crippen MR) is 94.2 cm³/mol. The zero-order valence-corrected chi connectivity index (χ0v) is 14.1. The predicted octanol–water partition coefficient (Wildman–Crippen LogP) is 4.77. The molecule has 1 N–H and O–H groups in total. The summed E-state index contributed by atoms with van der Waals surface area (Å²) in [5.74, 6) is -0.0239. The van der Waals surface area contributed by atoms with Crippen LogP contribution in [0.5, 0.6) is 0 Å². The molecule has 116 valence electrons. The zero-order chi connectivity index (χ0) is 16.1. The average molecular weight is 337 g/mol. The first-order chi connectivity index (χ1) is 10.5. The summed E-state index contributed by atoms with van der Waals surface area (Å²) < 4.78 is 0. The van der Waals surface area contributed by atoms with Gasteiger partial charge in [0.25, 0.3) is 0 Å². The number of halogens is 2. The fraction of sp³-hybridized carbons (Fsp3) is 0.235. The number of hydrogen-bond donors (Lipinski definition) is 1. The number of likely N-dealkylation sites (N-methyl/N-ethyl adjacent to an activating group) is 1. The van der Waals surface area contributed by atoms with Crippen LogP contribution in [0.1, 0.15) is 12.5 Å². The van der Waals surface area contributed by atoms with Crippen molar-refractivity contribution in [1.82, 2.24) is 0 Å². The summed E-state index contributed by atoms with van der Waals surface area (Å²) in [4.78, 5) is 14.2. The minimum atomic E-state index is -0.0239. The largest absolute Gasteiger partial charge is 0.375 e. The van der Waals surface area contributed by atoms with E-state index in [0.717, 1.165) is 11.3 Å². The van der Waals surface area contributed by atoms with E-state index in [9.17, 15) is 4.79 Å². The van der Waals surface area contributed by atoms with Gasteiger partial charge >= 0.3 is 0 Å². The van der Waals surface area contributed by atoms with Crippen LogP contribution in [0.25, 0.3) is 0 Å². The Hall–Kier alpha value is -1.71. The van der Waals surface area contributed by atoms with Crippen molar-refractivity contribution in [2.24, 2.45) is 0 Å². The summed E-state index contributed by atoms with van der Waals surface area (Å²) in [7, 11) is 0. The van der Waals surface area contributed by atoms with Crippen LogP contribution in [0.3, 0.4) is 0 Å². The maximum Gasteiger partial charge on any atom is 0.246 e. The molecule has 0 aromatic heterocycles. The maximum atomic E-state index is 12.4. The monoisotopic (exact) mass is 336 g/mol. The van der Waals surface area contributed by atoms with E-state index in [1.165, 1.54) is 0 Å². The van der Waals surface area contributed by atoms with Crippen LogP contribution in [-0.4, -0.2) is 19.0 Å². The van der Waals surface area contributed by atoms with Crippen molar-refractivity contribution >= 4 is 40.5 Å². The second-order valence-corrected chi connectivity index (χ2v) is 5.72. The van der Waals surface area contributed by atoms with Gasteiger partial charge in [0, 0.05) is 12.2 Å². The highest BCUT2D eigenvalue weighted by Crippen LogP contribution is 2.29. The van der Waals surface area contributed by atoms with Crippen LogP contribution >= 0.6 is 23.2 Å². The van der Waals surface area contributed by atoms with Gasteiger partial charge in [-0.1, -0.05) is 41.4 Å². The standard InChI is InChI=1S/C17H18Cl2N2O/c1-3-21(13-7-4-6-12(2)10-13)16(22)11-20-15-9-5-8-14(18)17(15)19/h4-10,20H,3,11H2,1-2H3. The summed E-state index contributed by atoms with van der Waals surface area (Å²) >= 11 is 12.1. The normalized spacial score (nSPS) is 10.4. The molecule has 1 amide bonds. The molecule has 0 heterocycles. The molecule has 0 atom stereocenters. The molecule has 0 radical (unpaired) electrons. The van der Waals surface area contributed by atoms with Gasteiger partial charge in [-0.3, -0.25) is 4.79 Å². The van der Waals surface area contributed by atoms with E-state index in [-0.39, 0.29) is 12.5 Å². The van der Waals surface area contributed by atoms with Crippen LogP contribution in [-0.2, 0) is 4.79 Å². The quantitative estimate of drug-likeness (QED) is 0.853. The van der Waals surface area contributed by atoms with Crippen molar-refractivity contribution in [3.8, 4) is 0 Å². The molecule has 0 saturated carbocycles. The number of nitrogens with one attached hydrogen (secondary N) is 1. The lowest BCUT2D eigenvalue weighted by molar-refractivity contribution is -0.116. The first-order valence-electron chi connectivity index (χ1n) is 7.08. The van der Waals surface area contributed by atoms with Crippen LogP contribution in [0.15, 0.2) is 42.5 Å². The SMILES string of the molecule is CCN(C(=O)CNc1cccc(Cl)c1Cl)c1cccc(C)c1. The number of hydrogen-bond acceptors (Lipinski definition) is 2. The van der Waals surface area contributed by atoms with Gasteiger partial charge in [0.05, 0.1) is 22.3 Å². The average Bonchev–Trinajstić information content (AvgIpc) is 2.49. The van der Waals surface area contributed by atoms with Crippen molar-refractivity contribution in [2.45, 2.75) is 13.8 Å². The molecule has 2 aromatic carbocycles. The maximum absolute atomic E-state index is 12.4. The topological polar surface area (TPSA) is 32.3 Å². The number of anilines is 2. The molecular formula is C17H18Cl2N2O. The number of nitrogens with zero attached hydrogens (tertiary/aromatic N) is 1. The number of aryl methyl sites for hydroxylation is 1. The summed E-state index contributed by atoms with van der Waals surface area (Å²) in [5.41, 5.74) is 2.67. The molecule has 2 rings (SSSR count). The second kappa shape index (κ2) is 7.52. The Kier molecular flexibility index (Phi) is 5.69. The first kappa shape index (κ1) is 16.7. The third-order valence-corrected chi connectivity index (χ3v) is 4.13. The highest BCUT2D eigenvalue weighted by molar-refractivity contribution is 6.43. The second-order valence-electron chi connectivity index (χ2n) is 4.93. The van der Waals surface area contributed by atoms with Gasteiger partial charge < -0.3 is 10.2 Å². The van der Waals surface area contributed by atoms with Crippen LogP contribution in [0, 0.1) is 6.92 Å². The number of amides is 1. The molecule has 22 heavy (non-hydrogen) atoms. The Morgan fingerprint density at radius 1 is 1.18 bits per heavy atom. The van der Waals surface area contributed by atoms with E-state index in [0.29, 0.717) is 22.3 Å². The molecule has 0 aliphatic carbocycles. The molecule has 0 unspecified atom stereocenters. The van der Waals surface area contributed by atoms with Crippen LogP contribution < -0.4 is 10.2 Å². The van der Waals surface area contributed by atoms with Crippen molar-refractivity contribution in [1.29, 1.82) is 0 Å². The number of carbonyl (C=O) groups excluding carboxylic acids is 1. The lowest BCUT2D eigenvalue weighted by Gasteiger charge is -2.22. The molecule has 3 nitrogen and oxygen atoms in total. The van der Waals surface area contributed by atoms with E-state index in [1.54, 1.807) is 23.1 Å². The molecular weight excluding hydrogens is 319 g/mol.